The molecule has 1 saturated heterocycles. The third-order valence-corrected chi connectivity index (χ3v) is 5.34. The van der Waals surface area contributed by atoms with E-state index in [1.54, 1.807) is 0 Å². The van der Waals surface area contributed by atoms with E-state index in [0.717, 1.165) is 51.0 Å². The Balaban J connectivity index is 0.00000156. The highest BCUT2D eigenvalue weighted by Gasteiger charge is 2.32. The van der Waals surface area contributed by atoms with E-state index in [9.17, 15) is 9.18 Å². The third kappa shape index (κ3) is 5.47. The van der Waals surface area contributed by atoms with Crippen molar-refractivity contribution in [2.24, 2.45) is 23.5 Å². The monoisotopic (exact) mass is 391 g/mol. The van der Waals surface area contributed by atoms with E-state index in [1.807, 2.05) is 12.1 Å². The predicted molar refractivity (Wildman–Crippen MR) is 104 cm³/mol. The van der Waals surface area contributed by atoms with Crippen molar-refractivity contribution in [2.75, 3.05) is 31.1 Å². The highest BCUT2D eigenvalue weighted by atomic mass is 35.5. The average Bonchev–Trinajstić information content (AvgIpc) is 3.22. The highest BCUT2D eigenvalue weighted by Crippen LogP contribution is 2.31. The summed E-state index contributed by atoms with van der Waals surface area (Å²) in [6.07, 6.45) is 4.22. The second-order valence-corrected chi connectivity index (χ2v) is 6.86. The number of nitrogens with one attached hydrogen (secondary N) is 1. The lowest BCUT2D eigenvalue weighted by atomic mass is 9.95. The van der Waals surface area contributed by atoms with Gasteiger partial charge in [0.2, 0.25) is 5.91 Å². The molecule has 1 aliphatic carbocycles. The minimum absolute atomic E-state index is 0. The molecule has 0 bridgehead atoms. The summed E-state index contributed by atoms with van der Waals surface area (Å²) in [5.41, 5.74) is 6.81. The first-order chi connectivity index (χ1) is 11.2. The molecule has 0 spiro atoms. The second kappa shape index (κ2) is 10.2. The molecule has 1 aromatic rings. The van der Waals surface area contributed by atoms with Crippen molar-refractivity contribution in [1.82, 2.24) is 5.32 Å². The summed E-state index contributed by atoms with van der Waals surface area (Å²) in [4.78, 5) is 14.6. The fourth-order valence-corrected chi connectivity index (χ4v) is 3.93. The number of nitrogens with two attached hydrogens (primary N) is 1. The topological polar surface area (TPSA) is 58.4 Å². The van der Waals surface area contributed by atoms with Gasteiger partial charge in [-0.3, -0.25) is 4.79 Å². The van der Waals surface area contributed by atoms with Crippen molar-refractivity contribution in [2.45, 2.75) is 25.7 Å². The Kier molecular flexibility index (Phi) is 8.97. The summed E-state index contributed by atoms with van der Waals surface area (Å²) in [7, 11) is 0. The molecule has 1 heterocycles. The van der Waals surface area contributed by atoms with Crippen molar-refractivity contribution in [3.05, 3.63) is 30.1 Å². The zero-order valence-corrected chi connectivity index (χ0v) is 16.0. The van der Waals surface area contributed by atoms with Gasteiger partial charge in [0.25, 0.3) is 0 Å². The molecule has 7 heteroatoms. The minimum atomic E-state index is -0.206. The van der Waals surface area contributed by atoms with Crippen molar-refractivity contribution in [3.63, 3.8) is 0 Å². The van der Waals surface area contributed by atoms with Gasteiger partial charge < -0.3 is 16.0 Å². The molecular weight excluding hydrogens is 364 g/mol. The van der Waals surface area contributed by atoms with E-state index >= 15 is 0 Å². The predicted octanol–water partition coefficient (Wildman–Crippen LogP) is 2.99. The van der Waals surface area contributed by atoms with Gasteiger partial charge in [-0.05, 0) is 61.9 Å². The second-order valence-electron chi connectivity index (χ2n) is 6.86. The lowest BCUT2D eigenvalue weighted by Crippen LogP contribution is -2.38. The normalized spacial score (nSPS) is 25.2. The lowest BCUT2D eigenvalue weighted by Gasteiger charge is -2.20. The van der Waals surface area contributed by atoms with E-state index in [4.69, 9.17) is 5.73 Å². The first-order valence-corrected chi connectivity index (χ1v) is 8.65. The molecule has 2 aliphatic rings. The Morgan fingerprint density at radius 1 is 1.20 bits per heavy atom. The minimum Gasteiger partial charge on any atom is -0.371 e. The summed E-state index contributed by atoms with van der Waals surface area (Å²) < 4.78 is 13.0. The standard InChI is InChI=1S/C18H26FN3O.2ClH/c19-15-4-6-16(7-5-15)22-9-8-13(12-22)11-21-18(23)17-3-1-2-14(17)10-20;;/h4-7,13-14,17H,1-3,8-12,20H2,(H,21,23);2*1H/t13?,14-,17-;;/m1../s1. The zero-order chi connectivity index (χ0) is 16.2. The van der Waals surface area contributed by atoms with E-state index in [-0.39, 0.29) is 42.5 Å². The molecule has 0 aromatic heterocycles. The van der Waals surface area contributed by atoms with Gasteiger partial charge in [-0.1, -0.05) is 6.42 Å². The summed E-state index contributed by atoms with van der Waals surface area (Å²) in [6.45, 7) is 3.21. The molecule has 1 amide bonds. The Hall–Kier alpha value is -1.04. The number of benzene rings is 1. The van der Waals surface area contributed by atoms with Gasteiger partial charge in [0.05, 0.1) is 0 Å². The molecule has 3 rings (SSSR count). The number of carbonyl (C=O) groups excluding carboxylic acids is 1. The van der Waals surface area contributed by atoms with Crippen LogP contribution in [0.2, 0.25) is 0 Å². The van der Waals surface area contributed by atoms with E-state index < -0.39 is 0 Å². The number of halogens is 3. The Bertz CT molecular complexity index is 544. The third-order valence-electron chi connectivity index (χ3n) is 5.34. The van der Waals surface area contributed by atoms with Gasteiger partial charge in [-0.25, -0.2) is 4.39 Å². The first-order valence-electron chi connectivity index (χ1n) is 8.65. The molecule has 1 saturated carbocycles. The summed E-state index contributed by atoms with van der Waals surface area (Å²) >= 11 is 0. The van der Waals surface area contributed by atoms with Crippen LogP contribution in [0.25, 0.3) is 0 Å². The summed E-state index contributed by atoms with van der Waals surface area (Å²) in [5, 5.41) is 3.13. The van der Waals surface area contributed by atoms with Gasteiger partial charge in [0.1, 0.15) is 5.82 Å². The molecule has 25 heavy (non-hydrogen) atoms. The largest absolute Gasteiger partial charge is 0.371 e. The number of carbonyl (C=O) groups is 1. The van der Waals surface area contributed by atoms with Gasteiger partial charge in [0, 0.05) is 31.2 Å². The molecule has 3 atom stereocenters. The van der Waals surface area contributed by atoms with Crippen molar-refractivity contribution in [1.29, 1.82) is 0 Å². The van der Waals surface area contributed by atoms with Crippen LogP contribution in [-0.2, 0) is 4.79 Å². The van der Waals surface area contributed by atoms with Crippen LogP contribution in [0.3, 0.4) is 0 Å². The van der Waals surface area contributed by atoms with Crippen LogP contribution < -0.4 is 16.0 Å². The summed E-state index contributed by atoms with van der Waals surface area (Å²) in [6, 6.07) is 6.64. The fourth-order valence-electron chi connectivity index (χ4n) is 3.93. The molecule has 1 aliphatic heterocycles. The zero-order valence-electron chi connectivity index (χ0n) is 14.3. The van der Waals surface area contributed by atoms with Crippen LogP contribution in [0.5, 0.6) is 0 Å². The Morgan fingerprint density at radius 3 is 2.60 bits per heavy atom. The van der Waals surface area contributed by atoms with E-state index in [1.165, 1.54) is 12.1 Å². The number of hydrogen-bond acceptors (Lipinski definition) is 3. The van der Waals surface area contributed by atoms with Crippen molar-refractivity contribution in [3.8, 4) is 0 Å². The molecule has 3 N–H and O–H groups in total. The van der Waals surface area contributed by atoms with Crippen LogP contribution in [0.15, 0.2) is 24.3 Å². The average molecular weight is 392 g/mol. The van der Waals surface area contributed by atoms with E-state index in [2.05, 4.69) is 10.2 Å². The molecule has 142 valence electrons. The van der Waals surface area contributed by atoms with Crippen LogP contribution in [0.4, 0.5) is 10.1 Å². The SMILES string of the molecule is Cl.Cl.NC[C@H]1CCC[C@H]1C(=O)NCC1CCN(c2ccc(F)cc2)C1. The van der Waals surface area contributed by atoms with Gasteiger partial charge in [-0.2, -0.15) is 0 Å². The number of rotatable bonds is 5. The van der Waals surface area contributed by atoms with Gasteiger partial charge >= 0.3 is 0 Å². The van der Waals surface area contributed by atoms with Gasteiger partial charge in [0.15, 0.2) is 0 Å². The first kappa shape index (κ1) is 22.0. The number of nitrogens with zero attached hydrogens (tertiary/aromatic N) is 1. The number of hydrogen-bond donors (Lipinski definition) is 2. The molecule has 1 aromatic carbocycles. The maximum Gasteiger partial charge on any atom is 0.223 e. The van der Waals surface area contributed by atoms with Crippen molar-refractivity contribution < 1.29 is 9.18 Å². The van der Waals surface area contributed by atoms with E-state index in [0.29, 0.717) is 18.4 Å². The molecular formula is C18H28Cl2FN3O. The smallest absolute Gasteiger partial charge is 0.223 e. The molecule has 4 nitrogen and oxygen atoms in total. The summed E-state index contributed by atoms with van der Waals surface area (Å²) in [5.74, 6) is 0.895. The van der Waals surface area contributed by atoms with Crippen molar-refractivity contribution >= 4 is 36.4 Å². The number of anilines is 1. The molecule has 1 unspecified atom stereocenters. The Morgan fingerprint density at radius 2 is 1.92 bits per heavy atom. The lowest BCUT2D eigenvalue weighted by molar-refractivity contribution is -0.126. The quantitative estimate of drug-likeness (QED) is 0.810. The highest BCUT2D eigenvalue weighted by molar-refractivity contribution is 5.85. The van der Waals surface area contributed by atoms with Gasteiger partial charge in [-0.15, -0.1) is 24.8 Å². The van der Waals surface area contributed by atoms with Crippen LogP contribution in [-0.4, -0.2) is 32.1 Å². The maximum absolute atomic E-state index is 13.0. The molecule has 0 radical (unpaired) electrons. The van der Waals surface area contributed by atoms with Crippen LogP contribution in [0.1, 0.15) is 25.7 Å². The Labute approximate surface area is 161 Å². The number of amides is 1. The van der Waals surface area contributed by atoms with Crippen LogP contribution in [0, 0.1) is 23.6 Å². The fraction of sp³-hybridized carbons (Fsp3) is 0.611. The van der Waals surface area contributed by atoms with Crippen LogP contribution >= 0.6 is 24.8 Å². The maximum atomic E-state index is 13.0. The molecule has 2 fully saturated rings.